The summed E-state index contributed by atoms with van der Waals surface area (Å²) in [4.78, 5) is 0. The molecule has 4 heterocycles. The van der Waals surface area contributed by atoms with Gasteiger partial charge < -0.3 is 8.80 Å². The number of para-hydroxylation sites is 4. The zero-order valence-corrected chi connectivity index (χ0v) is 43.3. The van der Waals surface area contributed by atoms with Crippen molar-refractivity contribution < 1.29 is 0 Å². The summed E-state index contributed by atoms with van der Waals surface area (Å²) >= 11 is 0. The highest BCUT2D eigenvalue weighted by atomic mass is 14.9. The fourth-order valence-electron chi connectivity index (χ4n) is 16.3. The monoisotopic (exact) mass is 992 g/mol. The Hall–Kier alpha value is -9.24. The van der Waals surface area contributed by atoms with Crippen LogP contribution in [-0.2, 0) is 5.41 Å². The van der Waals surface area contributed by atoms with E-state index in [0.29, 0.717) is 0 Å². The molecule has 0 amide bonds. The van der Waals surface area contributed by atoms with Gasteiger partial charge in [-0.15, -0.1) is 0 Å². The maximum atomic E-state index is 2.62. The summed E-state index contributed by atoms with van der Waals surface area (Å²) in [6.45, 7) is 2.47. The Bertz CT molecular complexity index is 5160. The fraction of sp³-hybridized carbons (Fsp3) is 0.105. The molecule has 2 nitrogen and oxygen atoms in total. The Morgan fingerprint density at radius 2 is 1.10 bits per heavy atom. The summed E-state index contributed by atoms with van der Waals surface area (Å²) in [6.07, 6.45) is 22.6. The van der Waals surface area contributed by atoms with E-state index in [1.807, 2.05) is 0 Å². The van der Waals surface area contributed by atoms with Crippen molar-refractivity contribution in [2.75, 3.05) is 0 Å². The van der Waals surface area contributed by atoms with E-state index >= 15 is 0 Å². The van der Waals surface area contributed by atoms with Gasteiger partial charge in [0.1, 0.15) is 0 Å². The molecule has 366 valence electrons. The van der Waals surface area contributed by atoms with Crippen LogP contribution in [0.4, 0.5) is 0 Å². The molecule has 14 aromatic rings. The Morgan fingerprint density at radius 1 is 0.462 bits per heavy atom. The van der Waals surface area contributed by atoms with E-state index in [9.17, 15) is 0 Å². The van der Waals surface area contributed by atoms with Crippen molar-refractivity contribution in [2.45, 2.75) is 37.5 Å². The molecule has 4 aromatic heterocycles. The van der Waals surface area contributed by atoms with E-state index in [0.717, 1.165) is 19.3 Å². The largest absolute Gasteiger partial charge is 0.308 e. The minimum Gasteiger partial charge on any atom is -0.308 e. The molecule has 4 unspecified atom stereocenters. The van der Waals surface area contributed by atoms with Crippen molar-refractivity contribution in [1.82, 2.24) is 8.80 Å². The Balaban J connectivity index is 1.00. The van der Waals surface area contributed by atoms with E-state index in [-0.39, 0.29) is 17.8 Å². The summed E-state index contributed by atoms with van der Waals surface area (Å²) < 4.78 is 5.10. The molecule has 2 heteroatoms. The summed E-state index contributed by atoms with van der Waals surface area (Å²) in [5, 5.41) is 14.5. The third kappa shape index (κ3) is 5.33. The topological polar surface area (TPSA) is 8.82 Å². The van der Waals surface area contributed by atoms with Gasteiger partial charge in [0.25, 0.3) is 0 Å². The lowest BCUT2D eigenvalue weighted by Crippen LogP contribution is -2.36. The normalized spacial score (nSPS) is 19.7. The van der Waals surface area contributed by atoms with E-state index in [1.54, 1.807) is 0 Å². The molecule has 0 saturated carbocycles. The zero-order chi connectivity index (χ0) is 51.0. The predicted molar refractivity (Wildman–Crippen MR) is 329 cm³/mol. The second-order valence-electron chi connectivity index (χ2n) is 22.8. The molecule has 0 saturated heterocycles. The van der Waals surface area contributed by atoms with Crippen LogP contribution >= 0.6 is 0 Å². The van der Waals surface area contributed by atoms with Crippen LogP contribution < -0.4 is 5.22 Å². The van der Waals surface area contributed by atoms with Gasteiger partial charge in [-0.1, -0.05) is 219 Å². The van der Waals surface area contributed by atoms with Crippen molar-refractivity contribution in [2.24, 2.45) is 11.8 Å². The van der Waals surface area contributed by atoms with Gasteiger partial charge in [0, 0.05) is 43.5 Å². The van der Waals surface area contributed by atoms with Crippen molar-refractivity contribution in [3.05, 3.63) is 270 Å². The maximum absolute atomic E-state index is 2.62. The van der Waals surface area contributed by atoms with Crippen molar-refractivity contribution in [3.8, 4) is 33.4 Å². The Kier molecular flexibility index (Phi) is 8.63. The second-order valence-corrected chi connectivity index (χ2v) is 22.8. The average molecular weight is 993 g/mol. The second kappa shape index (κ2) is 15.7. The van der Waals surface area contributed by atoms with Crippen molar-refractivity contribution in [1.29, 1.82) is 0 Å². The van der Waals surface area contributed by atoms with E-state index in [2.05, 4.69) is 258 Å². The van der Waals surface area contributed by atoms with Crippen LogP contribution in [0.15, 0.2) is 242 Å². The van der Waals surface area contributed by atoms with Crippen LogP contribution in [-0.4, -0.2) is 8.80 Å². The molecule has 10 aromatic carbocycles. The summed E-state index contributed by atoms with van der Waals surface area (Å²) in [5.74, 6) is 0.538. The van der Waals surface area contributed by atoms with Crippen LogP contribution in [0.25, 0.3) is 126 Å². The predicted octanol–water partition coefficient (Wildman–Crippen LogP) is 19.0. The lowest BCUT2D eigenvalue weighted by atomic mass is 9.60. The Morgan fingerprint density at radius 3 is 1.91 bits per heavy atom. The highest BCUT2D eigenvalue weighted by Crippen LogP contribution is 2.62. The van der Waals surface area contributed by atoms with E-state index in [1.165, 1.54) is 153 Å². The number of benzene rings is 10. The zero-order valence-electron chi connectivity index (χ0n) is 43.3. The summed E-state index contributed by atoms with van der Waals surface area (Å²) in [6, 6.07) is 74.9. The highest BCUT2D eigenvalue weighted by molar-refractivity contribution is 6.29. The van der Waals surface area contributed by atoms with Gasteiger partial charge in [-0.3, -0.25) is 0 Å². The molecule has 0 bridgehead atoms. The molecule has 18 rings (SSSR count). The highest BCUT2D eigenvalue weighted by Gasteiger charge is 2.51. The van der Waals surface area contributed by atoms with Gasteiger partial charge >= 0.3 is 0 Å². The first-order valence-corrected chi connectivity index (χ1v) is 28.2. The smallest absolute Gasteiger partial charge is 0.0626 e. The van der Waals surface area contributed by atoms with Gasteiger partial charge in [-0.25, -0.2) is 0 Å². The minimum atomic E-state index is -0.418. The minimum absolute atomic E-state index is 0.100. The van der Waals surface area contributed by atoms with Gasteiger partial charge in [-0.2, -0.15) is 0 Å². The number of nitrogens with zero attached hydrogens (tertiary/aromatic N) is 2. The van der Waals surface area contributed by atoms with Gasteiger partial charge in [0.2, 0.25) is 0 Å². The maximum Gasteiger partial charge on any atom is 0.0626 e. The molecule has 0 aliphatic heterocycles. The molecule has 4 aliphatic rings. The van der Waals surface area contributed by atoms with Crippen LogP contribution in [0.2, 0.25) is 0 Å². The fourth-order valence-corrected chi connectivity index (χ4v) is 16.3. The summed E-state index contributed by atoms with van der Waals surface area (Å²) in [7, 11) is 0. The first-order chi connectivity index (χ1) is 38.7. The summed E-state index contributed by atoms with van der Waals surface area (Å²) in [5.41, 5.74) is 22.3. The molecular weight excluding hydrogens is 941 g/mol. The molecule has 4 aliphatic carbocycles. The number of hydrogen-bond donors (Lipinski definition) is 0. The third-order valence-corrected chi connectivity index (χ3v) is 19.2. The number of hydrogen-bond acceptors (Lipinski definition) is 0. The first-order valence-electron chi connectivity index (χ1n) is 28.2. The molecule has 0 fully saturated rings. The molecule has 4 atom stereocenters. The Labute approximate surface area is 451 Å². The molecular formula is C76H52N2. The number of aromatic nitrogens is 2. The lowest BCUT2D eigenvalue weighted by molar-refractivity contribution is 0.455. The van der Waals surface area contributed by atoms with Crippen molar-refractivity contribution >= 4 is 93.0 Å². The molecule has 0 spiro atoms. The van der Waals surface area contributed by atoms with E-state index in [4.69, 9.17) is 0 Å². The average Bonchev–Trinajstić information content (AvgIpc) is 4.12. The van der Waals surface area contributed by atoms with Crippen molar-refractivity contribution in [3.63, 3.8) is 0 Å². The SMILES string of the molecule is CC1C=c2c3ccccc3n3c2c(c2ccccc23)C1c1cccc2c(-c3cccc4c3C(C3=CCCC=C3)(C3C=CC=CC3)c3ccccc3-4)c3cccc(-c4ccc5c6ccccc6n6c7ccccc7c4c56)c3cc12. The number of fused-ring (bicyclic) bond motifs is 17. The number of rotatable bonds is 5. The lowest BCUT2D eigenvalue weighted by Gasteiger charge is -2.42. The molecule has 0 radical (unpaired) electrons. The van der Waals surface area contributed by atoms with Crippen LogP contribution in [0.3, 0.4) is 0 Å². The quantitative estimate of drug-likeness (QED) is 0.152. The van der Waals surface area contributed by atoms with Crippen LogP contribution in [0.5, 0.6) is 0 Å². The van der Waals surface area contributed by atoms with Gasteiger partial charge in [0.05, 0.1) is 38.5 Å². The van der Waals surface area contributed by atoms with Crippen LogP contribution in [0.1, 0.15) is 54.4 Å². The van der Waals surface area contributed by atoms with Crippen LogP contribution in [0, 0.1) is 11.8 Å². The van der Waals surface area contributed by atoms with E-state index < -0.39 is 5.41 Å². The molecule has 0 N–H and O–H groups in total. The number of allylic oxidation sites excluding steroid dienone is 8. The molecule has 78 heavy (non-hydrogen) atoms. The standard InChI is InChI=1S/C76H52N2/c1-45-43-63-51-27-10-15-38-66(51)78-68-40-17-12-29-59(68)72(75(63)78)69(45)52-31-19-33-54-62(52)44-61-48(55-41-42-57-50-26-9-14-37-65(50)77-67-39-16-11-28-58(67)71(55)74(57)77)30-18-32-53(61)70(54)60-35-20-34-56-49-25-8-13-36-64(49)76(73(56)60,46-21-4-2-5-22-46)47-23-6-3-7-24-47/h2,4-6,8-21,23-46,69H,3,7,22H2,1H3. The van der Waals surface area contributed by atoms with Gasteiger partial charge in [0.15, 0.2) is 0 Å². The first kappa shape index (κ1) is 42.9. The van der Waals surface area contributed by atoms with Gasteiger partial charge in [-0.05, 0) is 144 Å². The third-order valence-electron chi connectivity index (χ3n) is 19.2.